The molecule has 4 aliphatic rings. The van der Waals surface area contributed by atoms with E-state index < -0.39 is 46.8 Å². The SMILES string of the molecule is CCCN1C(=O)[C@H]2[C@H](CC=C3[C@H]2C[C@H]2C(=O)N(Nc4ccc(C)cc4)C(=O)[C@@]2(c2ccccc2)[C@H]3c2ccc(OC)cc2O)C1=O. The van der Waals surface area contributed by atoms with Crippen molar-refractivity contribution in [3.05, 3.63) is 101 Å². The molecule has 2 heterocycles. The molecule has 6 atom stereocenters. The maximum absolute atomic E-state index is 15.1. The van der Waals surface area contributed by atoms with E-state index in [0.717, 1.165) is 16.1 Å². The predicted molar refractivity (Wildman–Crippen MR) is 170 cm³/mol. The largest absolute Gasteiger partial charge is 0.508 e. The lowest BCUT2D eigenvalue weighted by Gasteiger charge is -2.50. The van der Waals surface area contributed by atoms with Crippen LogP contribution in [0.25, 0.3) is 0 Å². The first-order chi connectivity index (χ1) is 22.2. The lowest BCUT2D eigenvalue weighted by molar-refractivity contribution is -0.141. The summed E-state index contributed by atoms with van der Waals surface area (Å²) >= 11 is 0. The number of phenols is 1. The summed E-state index contributed by atoms with van der Waals surface area (Å²) < 4.78 is 5.39. The van der Waals surface area contributed by atoms with Crippen LogP contribution < -0.4 is 10.2 Å². The average Bonchev–Trinajstić information content (AvgIpc) is 3.43. The number of phenolic OH excluding ortho intramolecular Hbond substituents is 1. The number of hydrazine groups is 1. The Morgan fingerprint density at radius 3 is 2.35 bits per heavy atom. The van der Waals surface area contributed by atoms with Crippen molar-refractivity contribution < 1.29 is 29.0 Å². The van der Waals surface area contributed by atoms with Crippen molar-refractivity contribution in [3.63, 3.8) is 0 Å². The Morgan fingerprint density at radius 1 is 0.935 bits per heavy atom. The second-order valence-electron chi connectivity index (χ2n) is 12.8. The number of imide groups is 2. The van der Waals surface area contributed by atoms with Crippen LogP contribution >= 0.6 is 0 Å². The third kappa shape index (κ3) is 4.21. The summed E-state index contributed by atoms with van der Waals surface area (Å²) in [4.78, 5) is 58.5. The highest BCUT2D eigenvalue weighted by molar-refractivity contribution is 6.13. The number of nitrogens with zero attached hydrogens (tertiary/aromatic N) is 2. The van der Waals surface area contributed by atoms with E-state index in [1.807, 2.05) is 74.5 Å². The van der Waals surface area contributed by atoms with E-state index in [9.17, 15) is 19.5 Å². The maximum atomic E-state index is 15.1. The van der Waals surface area contributed by atoms with Crippen molar-refractivity contribution in [3.8, 4) is 11.5 Å². The van der Waals surface area contributed by atoms with E-state index in [1.165, 1.54) is 18.1 Å². The monoisotopic (exact) mass is 619 g/mol. The Morgan fingerprint density at radius 2 is 1.67 bits per heavy atom. The van der Waals surface area contributed by atoms with Crippen molar-refractivity contribution >= 4 is 29.3 Å². The Kier molecular flexibility index (Phi) is 7.22. The zero-order valence-electron chi connectivity index (χ0n) is 26.1. The number of fused-ring (bicyclic) bond motifs is 4. The van der Waals surface area contributed by atoms with Gasteiger partial charge in [-0.1, -0.05) is 72.7 Å². The molecular formula is C37H37N3O6. The zero-order valence-corrected chi connectivity index (χ0v) is 26.1. The molecule has 0 radical (unpaired) electrons. The second kappa shape index (κ2) is 11.2. The third-order valence-corrected chi connectivity index (χ3v) is 10.5. The van der Waals surface area contributed by atoms with Crippen molar-refractivity contribution in [1.82, 2.24) is 9.91 Å². The molecule has 2 saturated heterocycles. The van der Waals surface area contributed by atoms with Gasteiger partial charge in [0.1, 0.15) is 11.5 Å². The molecular weight excluding hydrogens is 582 g/mol. The smallest absolute Gasteiger partial charge is 0.260 e. The Balaban J connectivity index is 1.45. The van der Waals surface area contributed by atoms with E-state index in [2.05, 4.69) is 5.43 Å². The van der Waals surface area contributed by atoms with Gasteiger partial charge in [-0.05, 0) is 55.9 Å². The van der Waals surface area contributed by atoms with Crippen LogP contribution in [0.3, 0.4) is 0 Å². The summed E-state index contributed by atoms with van der Waals surface area (Å²) in [6.07, 6.45) is 3.20. The number of carbonyl (C=O) groups is 4. The summed E-state index contributed by atoms with van der Waals surface area (Å²) in [7, 11) is 1.51. The maximum Gasteiger partial charge on any atom is 0.260 e. The molecule has 236 valence electrons. The fourth-order valence-corrected chi connectivity index (χ4v) is 8.50. The predicted octanol–water partition coefficient (Wildman–Crippen LogP) is 5.10. The van der Waals surface area contributed by atoms with Gasteiger partial charge in [-0.2, -0.15) is 5.01 Å². The molecule has 46 heavy (non-hydrogen) atoms. The highest BCUT2D eigenvalue weighted by Gasteiger charge is 2.70. The fourth-order valence-electron chi connectivity index (χ4n) is 8.50. The van der Waals surface area contributed by atoms with Crippen LogP contribution in [0.4, 0.5) is 5.69 Å². The molecule has 2 aliphatic heterocycles. The van der Waals surface area contributed by atoms with Gasteiger partial charge >= 0.3 is 0 Å². The standard InChI is InChI=1S/C37H37N3O6/c1-4-18-39-33(42)27-17-16-25-28(31(27)35(39)44)20-29-34(43)40(38-23-12-10-21(2)11-13-23)36(45)37(29,22-8-6-5-7-9-22)32(25)26-15-14-24(46-3)19-30(26)41/h5-16,19,27-29,31-32,38,41H,4,17-18,20H2,1-3H3/t27-,28+,29-,31-,32+,37+/m0/s1. The number of hydrogen-bond donors (Lipinski definition) is 2. The van der Waals surface area contributed by atoms with Crippen LogP contribution in [-0.2, 0) is 24.6 Å². The molecule has 0 aromatic heterocycles. The van der Waals surface area contributed by atoms with Gasteiger partial charge in [0.05, 0.1) is 36.0 Å². The molecule has 2 N–H and O–H groups in total. The molecule has 1 saturated carbocycles. The first-order valence-electron chi connectivity index (χ1n) is 15.9. The lowest BCUT2D eigenvalue weighted by atomic mass is 9.49. The van der Waals surface area contributed by atoms with Crippen LogP contribution in [0.2, 0.25) is 0 Å². The Labute approximate surface area is 267 Å². The van der Waals surface area contributed by atoms with E-state index in [-0.39, 0.29) is 24.0 Å². The Hall–Kier alpha value is -4.92. The molecule has 9 nitrogen and oxygen atoms in total. The zero-order chi connectivity index (χ0) is 32.3. The number of rotatable bonds is 7. The number of likely N-dealkylation sites (tertiary alicyclic amines) is 1. The number of carbonyl (C=O) groups excluding carboxylic acids is 4. The highest BCUT2D eigenvalue weighted by atomic mass is 16.5. The number of aromatic hydroxyl groups is 1. The first kappa shape index (κ1) is 29.8. The molecule has 9 heteroatoms. The normalized spacial score (nSPS) is 28.5. The number of benzene rings is 3. The minimum atomic E-state index is -1.44. The van der Waals surface area contributed by atoms with Crippen LogP contribution in [0.5, 0.6) is 11.5 Å². The first-order valence-corrected chi connectivity index (χ1v) is 15.9. The lowest BCUT2D eigenvalue weighted by Crippen LogP contribution is -2.53. The molecule has 0 bridgehead atoms. The second-order valence-corrected chi connectivity index (χ2v) is 12.8. The van der Waals surface area contributed by atoms with Gasteiger partial charge in [0.15, 0.2) is 0 Å². The minimum Gasteiger partial charge on any atom is -0.508 e. The Bertz CT molecular complexity index is 1770. The molecule has 0 unspecified atom stereocenters. The summed E-state index contributed by atoms with van der Waals surface area (Å²) in [5.74, 6) is -4.17. The van der Waals surface area contributed by atoms with Gasteiger partial charge in [0.25, 0.3) is 11.8 Å². The fraction of sp³-hybridized carbons (Fsp3) is 0.351. The van der Waals surface area contributed by atoms with Gasteiger partial charge in [-0.15, -0.1) is 0 Å². The van der Waals surface area contributed by atoms with Gasteiger partial charge in [-0.3, -0.25) is 29.5 Å². The van der Waals surface area contributed by atoms with E-state index in [0.29, 0.717) is 42.0 Å². The number of allylic oxidation sites excluding steroid dienone is 2. The summed E-state index contributed by atoms with van der Waals surface area (Å²) in [6.45, 7) is 4.24. The molecule has 3 fully saturated rings. The number of ether oxygens (including phenoxy) is 1. The van der Waals surface area contributed by atoms with E-state index in [4.69, 9.17) is 4.74 Å². The van der Waals surface area contributed by atoms with Gasteiger partial charge in [-0.25, -0.2) is 0 Å². The van der Waals surface area contributed by atoms with Crippen molar-refractivity contribution in [2.45, 2.75) is 44.4 Å². The quantitative estimate of drug-likeness (QED) is 0.279. The van der Waals surface area contributed by atoms with Gasteiger partial charge in [0.2, 0.25) is 11.8 Å². The highest BCUT2D eigenvalue weighted by Crippen LogP contribution is 2.65. The van der Waals surface area contributed by atoms with Gasteiger partial charge < -0.3 is 9.84 Å². The number of anilines is 1. The molecule has 3 aromatic rings. The summed E-state index contributed by atoms with van der Waals surface area (Å²) in [5.41, 5.74) is 5.19. The van der Waals surface area contributed by atoms with E-state index in [1.54, 1.807) is 12.1 Å². The molecule has 2 aliphatic carbocycles. The number of aryl methyl sites for hydroxylation is 1. The summed E-state index contributed by atoms with van der Waals surface area (Å²) in [6, 6.07) is 21.7. The molecule has 0 spiro atoms. The van der Waals surface area contributed by atoms with Gasteiger partial charge in [0, 0.05) is 24.1 Å². The molecule has 4 amide bonds. The van der Waals surface area contributed by atoms with Crippen LogP contribution in [-0.4, -0.2) is 52.3 Å². The van der Waals surface area contributed by atoms with Crippen molar-refractivity contribution in [1.29, 1.82) is 0 Å². The van der Waals surface area contributed by atoms with Crippen molar-refractivity contribution in [2.75, 3.05) is 19.1 Å². The van der Waals surface area contributed by atoms with Crippen LogP contribution in [0.15, 0.2) is 84.4 Å². The van der Waals surface area contributed by atoms with E-state index >= 15 is 4.79 Å². The number of nitrogens with one attached hydrogen (secondary N) is 1. The van der Waals surface area contributed by atoms with Crippen LogP contribution in [0, 0.1) is 30.6 Å². The van der Waals surface area contributed by atoms with Crippen LogP contribution in [0.1, 0.15) is 48.8 Å². The molecule has 7 rings (SSSR count). The average molecular weight is 620 g/mol. The summed E-state index contributed by atoms with van der Waals surface area (Å²) in [5, 5.41) is 12.7. The third-order valence-electron chi connectivity index (χ3n) is 10.5. The minimum absolute atomic E-state index is 0.0753. The van der Waals surface area contributed by atoms with Crippen molar-refractivity contribution in [2.24, 2.45) is 23.7 Å². The molecule has 3 aromatic carbocycles. The number of amides is 4. The number of hydrogen-bond acceptors (Lipinski definition) is 7. The number of methoxy groups -OCH3 is 1. The topological polar surface area (TPSA) is 116 Å².